The van der Waals surface area contributed by atoms with Crippen molar-refractivity contribution in [2.45, 2.75) is 19.9 Å². The first-order valence-electron chi connectivity index (χ1n) is 4.77. The Morgan fingerprint density at radius 2 is 2.21 bits per heavy atom. The first-order chi connectivity index (χ1) is 6.79. The summed E-state index contributed by atoms with van der Waals surface area (Å²) in [6, 6.07) is 5.83. The molecular weight excluding hydrogens is 181 g/mol. The Morgan fingerprint density at radius 3 is 2.86 bits per heavy atom. The third kappa shape index (κ3) is 2.70. The molecule has 2 nitrogen and oxygen atoms in total. The van der Waals surface area contributed by atoms with Gasteiger partial charge in [-0.05, 0) is 12.5 Å². The van der Waals surface area contributed by atoms with Crippen LogP contribution in [0.3, 0.4) is 0 Å². The number of halogens is 1. The van der Waals surface area contributed by atoms with E-state index in [0.717, 1.165) is 16.9 Å². The van der Waals surface area contributed by atoms with Crippen molar-refractivity contribution in [2.75, 3.05) is 13.3 Å². The topological polar surface area (TPSA) is 35.2 Å². The Morgan fingerprint density at radius 1 is 1.43 bits per heavy atom. The van der Waals surface area contributed by atoms with Gasteiger partial charge in [-0.2, -0.15) is 0 Å². The molecule has 14 heavy (non-hydrogen) atoms. The van der Waals surface area contributed by atoms with Crippen molar-refractivity contribution in [3.05, 3.63) is 29.3 Å². The molecule has 1 rings (SSSR count). The molecule has 0 heterocycles. The van der Waals surface area contributed by atoms with Gasteiger partial charge < -0.3 is 10.5 Å². The summed E-state index contributed by atoms with van der Waals surface area (Å²) < 4.78 is 17.4. The summed E-state index contributed by atoms with van der Waals surface area (Å²) in [5, 5.41) is 0. The lowest BCUT2D eigenvalue weighted by Gasteiger charge is -2.12. The van der Waals surface area contributed by atoms with E-state index < -0.39 is 0 Å². The summed E-state index contributed by atoms with van der Waals surface area (Å²) in [6.07, 6.45) is 0.429. The summed E-state index contributed by atoms with van der Waals surface area (Å²) in [4.78, 5) is 0. The lowest BCUT2D eigenvalue weighted by atomic mass is 10.1. The molecule has 0 radical (unpaired) electrons. The fraction of sp³-hybridized carbons (Fsp3) is 0.455. The highest BCUT2D eigenvalue weighted by atomic mass is 19.1. The number of rotatable bonds is 5. The minimum Gasteiger partial charge on any atom is -0.493 e. The number of aryl methyl sites for hydroxylation is 1. The Hall–Kier alpha value is -1.09. The van der Waals surface area contributed by atoms with Crippen LogP contribution < -0.4 is 10.5 Å². The fourth-order valence-corrected chi connectivity index (χ4v) is 1.31. The first kappa shape index (κ1) is 11.0. The molecule has 0 aliphatic rings. The van der Waals surface area contributed by atoms with Gasteiger partial charge in [-0.25, -0.2) is 0 Å². The smallest absolute Gasteiger partial charge is 0.126 e. The second-order valence-electron chi connectivity index (χ2n) is 3.16. The highest BCUT2D eigenvalue weighted by Crippen LogP contribution is 2.22. The molecule has 78 valence electrons. The van der Waals surface area contributed by atoms with Crippen molar-refractivity contribution in [1.29, 1.82) is 0 Å². The highest BCUT2D eigenvalue weighted by Gasteiger charge is 2.04. The summed E-state index contributed by atoms with van der Waals surface area (Å²) in [7, 11) is 0. The van der Waals surface area contributed by atoms with Crippen molar-refractivity contribution >= 4 is 0 Å². The van der Waals surface area contributed by atoms with Crippen molar-refractivity contribution < 1.29 is 9.13 Å². The lowest BCUT2D eigenvalue weighted by molar-refractivity contribution is 0.285. The van der Waals surface area contributed by atoms with Gasteiger partial charge in [0.1, 0.15) is 5.75 Å². The Labute approximate surface area is 83.9 Å². The van der Waals surface area contributed by atoms with Crippen LogP contribution in [0.2, 0.25) is 0 Å². The number of ether oxygens (including phenoxy) is 1. The molecule has 0 bridgehead atoms. The Kier molecular flexibility index (Phi) is 4.40. The van der Waals surface area contributed by atoms with E-state index in [0.29, 0.717) is 19.6 Å². The van der Waals surface area contributed by atoms with Crippen molar-refractivity contribution in [2.24, 2.45) is 5.73 Å². The molecule has 2 N–H and O–H groups in total. The van der Waals surface area contributed by atoms with E-state index in [1.165, 1.54) is 0 Å². The largest absolute Gasteiger partial charge is 0.493 e. The molecule has 1 aromatic carbocycles. The zero-order chi connectivity index (χ0) is 10.4. The SMILES string of the molecule is Cc1cccc(CN)c1OCCCF. The van der Waals surface area contributed by atoms with E-state index in [1.54, 1.807) is 0 Å². The summed E-state index contributed by atoms with van der Waals surface area (Å²) in [6.45, 7) is 2.48. The lowest BCUT2D eigenvalue weighted by Crippen LogP contribution is -2.05. The maximum Gasteiger partial charge on any atom is 0.126 e. The molecular formula is C11H16FNO. The van der Waals surface area contributed by atoms with Crippen LogP contribution in [0.15, 0.2) is 18.2 Å². The third-order valence-electron chi connectivity index (χ3n) is 2.04. The maximum absolute atomic E-state index is 11.9. The number of para-hydroxylation sites is 1. The molecule has 0 atom stereocenters. The molecule has 0 fully saturated rings. The van der Waals surface area contributed by atoms with Crippen LogP contribution in [0.1, 0.15) is 17.5 Å². The molecule has 0 aromatic heterocycles. The van der Waals surface area contributed by atoms with Gasteiger partial charge in [0.15, 0.2) is 0 Å². The van der Waals surface area contributed by atoms with Crippen LogP contribution in [0.25, 0.3) is 0 Å². The van der Waals surface area contributed by atoms with Crippen molar-refractivity contribution in [3.63, 3.8) is 0 Å². The van der Waals surface area contributed by atoms with Crippen LogP contribution in [0.5, 0.6) is 5.75 Å². The molecule has 0 unspecified atom stereocenters. The van der Waals surface area contributed by atoms with Gasteiger partial charge in [-0.15, -0.1) is 0 Å². The van der Waals surface area contributed by atoms with E-state index in [9.17, 15) is 4.39 Å². The van der Waals surface area contributed by atoms with Crippen LogP contribution in [0, 0.1) is 6.92 Å². The normalized spacial score (nSPS) is 10.2. The van der Waals surface area contributed by atoms with Crippen LogP contribution in [-0.4, -0.2) is 13.3 Å². The molecule has 0 saturated carbocycles. The average molecular weight is 197 g/mol. The highest BCUT2D eigenvalue weighted by molar-refractivity contribution is 5.40. The van der Waals surface area contributed by atoms with Crippen molar-refractivity contribution in [3.8, 4) is 5.75 Å². The second-order valence-corrected chi connectivity index (χ2v) is 3.16. The van der Waals surface area contributed by atoms with Gasteiger partial charge in [-0.1, -0.05) is 18.2 Å². The third-order valence-corrected chi connectivity index (χ3v) is 2.04. The Bertz CT molecular complexity index is 289. The van der Waals surface area contributed by atoms with E-state index >= 15 is 0 Å². The van der Waals surface area contributed by atoms with E-state index in [4.69, 9.17) is 10.5 Å². The van der Waals surface area contributed by atoms with Gasteiger partial charge in [0.2, 0.25) is 0 Å². The zero-order valence-electron chi connectivity index (χ0n) is 8.42. The van der Waals surface area contributed by atoms with Gasteiger partial charge >= 0.3 is 0 Å². The van der Waals surface area contributed by atoms with Crippen LogP contribution in [0.4, 0.5) is 4.39 Å². The number of hydrogen-bond donors (Lipinski definition) is 1. The van der Waals surface area contributed by atoms with E-state index in [2.05, 4.69) is 0 Å². The number of alkyl halides is 1. The summed E-state index contributed by atoms with van der Waals surface area (Å²) in [5.41, 5.74) is 7.59. The monoisotopic (exact) mass is 197 g/mol. The Balaban J connectivity index is 2.72. The fourth-order valence-electron chi connectivity index (χ4n) is 1.31. The number of benzene rings is 1. The quantitative estimate of drug-likeness (QED) is 0.734. The van der Waals surface area contributed by atoms with E-state index in [1.807, 2.05) is 25.1 Å². The number of nitrogens with two attached hydrogens (primary N) is 1. The standard InChI is InChI=1S/C11H16FNO/c1-9-4-2-5-10(8-13)11(9)14-7-3-6-12/h2,4-5H,3,6-8,13H2,1H3. The first-order valence-corrected chi connectivity index (χ1v) is 4.77. The van der Waals surface area contributed by atoms with Crippen molar-refractivity contribution in [1.82, 2.24) is 0 Å². The molecule has 0 amide bonds. The minimum absolute atomic E-state index is 0.343. The molecule has 1 aromatic rings. The van der Waals surface area contributed by atoms with Gasteiger partial charge in [-0.3, -0.25) is 4.39 Å². The predicted octanol–water partition coefficient (Wildman–Crippen LogP) is 2.19. The molecule has 0 saturated heterocycles. The molecule has 0 aliphatic carbocycles. The molecule has 3 heteroatoms. The van der Waals surface area contributed by atoms with Crippen LogP contribution in [-0.2, 0) is 6.54 Å². The van der Waals surface area contributed by atoms with E-state index in [-0.39, 0.29) is 6.67 Å². The average Bonchev–Trinajstić information content (AvgIpc) is 2.20. The molecule has 0 aliphatic heterocycles. The predicted molar refractivity (Wildman–Crippen MR) is 55.2 cm³/mol. The summed E-state index contributed by atoms with van der Waals surface area (Å²) >= 11 is 0. The van der Waals surface area contributed by atoms with Gasteiger partial charge in [0, 0.05) is 18.5 Å². The minimum atomic E-state index is -0.343. The maximum atomic E-state index is 11.9. The molecule has 0 spiro atoms. The zero-order valence-corrected chi connectivity index (χ0v) is 8.42. The van der Waals surface area contributed by atoms with Crippen LogP contribution >= 0.6 is 0 Å². The van der Waals surface area contributed by atoms with Gasteiger partial charge in [0.25, 0.3) is 0 Å². The second kappa shape index (κ2) is 5.60. The van der Waals surface area contributed by atoms with Gasteiger partial charge in [0.05, 0.1) is 13.3 Å². The number of hydrogen-bond acceptors (Lipinski definition) is 2. The summed E-state index contributed by atoms with van der Waals surface area (Å²) in [5.74, 6) is 0.809.